The maximum atomic E-state index is 12.1. The maximum absolute atomic E-state index is 12.1. The lowest BCUT2D eigenvalue weighted by atomic mass is 10.2. The van der Waals surface area contributed by atoms with Crippen LogP contribution in [0.1, 0.15) is 45.4 Å². The number of carbonyl (C=O) groups is 3. The summed E-state index contributed by atoms with van der Waals surface area (Å²) in [6.45, 7) is 2.49. The summed E-state index contributed by atoms with van der Waals surface area (Å²) in [5.41, 5.74) is 0. The van der Waals surface area contributed by atoms with Crippen molar-refractivity contribution in [1.29, 1.82) is 0 Å². The molecule has 120 valence electrons. The summed E-state index contributed by atoms with van der Waals surface area (Å²) in [5.74, 6) is 0.412. The van der Waals surface area contributed by atoms with Gasteiger partial charge in [-0.15, -0.1) is 11.8 Å². The Morgan fingerprint density at radius 3 is 2.67 bits per heavy atom. The van der Waals surface area contributed by atoms with Crippen LogP contribution in [0.3, 0.4) is 0 Å². The molecule has 21 heavy (non-hydrogen) atoms. The highest BCUT2D eigenvalue weighted by Gasteiger charge is 2.33. The van der Waals surface area contributed by atoms with Crippen molar-refractivity contribution < 1.29 is 19.5 Å². The van der Waals surface area contributed by atoms with Crippen LogP contribution in [0, 0.1) is 0 Å². The van der Waals surface area contributed by atoms with Crippen LogP contribution in [0.2, 0.25) is 0 Å². The number of nitrogens with one attached hydrogen (secondary N) is 1. The summed E-state index contributed by atoms with van der Waals surface area (Å²) in [4.78, 5) is 36.0. The molecule has 1 saturated heterocycles. The molecule has 1 aliphatic heterocycles. The number of carboxylic acids is 1. The molecule has 1 fully saturated rings. The molecule has 0 aromatic carbocycles. The standard InChI is InChI=1S/C14H24N2O4S/c1-2-6-12(17)16-10-21-9-11(16)14(20)15-8-5-3-4-7-13(18)19/h11H,2-10H2,1H3,(H,15,20)(H,18,19). The van der Waals surface area contributed by atoms with Gasteiger partial charge in [-0.2, -0.15) is 0 Å². The Kier molecular flexibility index (Phi) is 8.19. The molecule has 0 aliphatic carbocycles. The summed E-state index contributed by atoms with van der Waals surface area (Å²) in [6, 6.07) is -0.354. The predicted molar refractivity (Wildman–Crippen MR) is 82.0 cm³/mol. The topological polar surface area (TPSA) is 86.7 Å². The minimum absolute atomic E-state index is 0.0455. The van der Waals surface area contributed by atoms with E-state index >= 15 is 0 Å². The second-order valence-electron chi connectivity index (χ2n) is 5.12. The highest BCUT2D eigenvalue weighted by atomic mass is 32.2. The molecule has 1 unspecified atom stereocenters. The third kappa shape index (κ3) is 6.37. The molecular weight excluding hydrogens is 292 g/mol. The van der Waals surface area contributed by atoms with Crippen molar-refractivity contribution in [3.63, 3.8) is 0 Å². The van der Waals surface area contributed by atoms with E-state index in [9.17, 15) is 14.4 Å². The van der Waals surface area contributed by atoms with Gasteiger partial charge in [-0.1, -0.05) is 13.3 Å². The first-order valence-corrected chi connectivity index (χ1v) is 8.58. The van der Waals surface area contributed by atoms with Crippen LogP contribution in [0.15, 0.2) is 0 Å². The number of carbonyl (C=O) groups excluding carboxylic acids is 2. The minimum Gasteiger partial charge on any atom is -0.481 e. The molecule has 0 aromatic rings. The molecule has 7 heteroatoms. The number of amides is 2. The van der Waals surface area contributed by atoms with Gasteiger partial charge in [-0.3, -0.25) is 14.4 Å². The number of unbranched alkanes of at least 4 members (excludes halogenated alkanes) is 2. The summed E-state index contributed by atoms with van der Waals surface area (Å²) in [7, 11) is 0. The van der Waals surface area contributed by atoms with Gasteiger partial charge in [0.15, 0.2) is 0 Å². The molecule has 6 nitrogen and oxygen atoms in total. The second-order valence-corrected chi connectivity index (χ2v) is 6.12. The van der Waals surface area contributed by atoms with E-state index < -0.39 is 5.97 Å². The van der Waals surface area contributed by atoms with E-state index in [0.29, 0.717) is 31.0 Å². The summed E-state index contributed by atoms with van der Waals surface area (Å²) >= 11 is 1.60. The van der Waals surface area contributed by atoms with Crippen molar-refractivity contribution in [3.8, 4) is 0 Å². The summed E-state index contributed by atoms with van der Waals surface area (Å²) in [6.07, 6.45) is 3.63. The van der Waals surface area contributed by atoms with Crippen molar-refractivity contribution >= 4 is 29.5 Å². The SMILES string of the molecule is CCCC(=O)N1CSCC1C(=O)NCCCCCC(=O)O. The van der Waals surface area contributed by atoms with Crippen LogP contribution in [0.25, 0.3) is 0 Å². The average molecular weight is 316 g/mol. The third-order valence-electron chi connectivity index (χ3n) is 3.34. The largest absolute Gasteiger partial charge is 0.481 e. The van der Waals surface area contributed by atoms with Crippen LogP contribution >= 0.6 is 11.8 Å². The highest BCUT2D eigenvalue weighted by Crippen LogP contribution is 2.22. The monoisotopic (exact) mass is 316 g/mol. The van der Waals surface area contributed by atoms with Gasteiger partial charge in [0.2, 0.25) is 11.8 Å². The second kappa shape index (κ2) is 9.65. The number of carboxylic acid groups (broad SMARTS) is 1. The fourth-order valence-electron chi connectivity index (χ4n) is 2.17. The first kappa shape index (κ1) is 17.8. The van der Waals surface area contributed by atoms with Crippen LogP contribution in [0.5, 0.6) is 0 Å². The molecule has 0 radical (unpaired) electrons. The Balaban J connectivity index is 2.24. The lowest BCUT2D eigenvalue weighted by Gasteiger charge is -2.22. The third-order valence-corrected chi connectivity index (χ3v) is 4.35. The van der Waals surface area contributed by atoms with E-state index in [2.05, 4.69) is 5.32 Å². The first-order chi connectivity index (χ1) is 10.1. The number of thioether (sulfide) groups is 1. The van der Waals surface area contributed by atoms with Gasteiger partial charge in [0.25, 0.3) is 0 Å². The molecule has 0 saturated carbocycles. The molecule has 1 heterocycles. The zero-order chi connectivity index (χ0) is 15.7. The molecule has 1 atom stereocenters. The van der Waals surface area contributed by atoms with Crippen LogP contribution < -0.4 is 5.32 Å². The zero-order valence-corrected chi connectivity index (χ0v) is 13.3. The van der Waals surface area contributed by atoms with Gasteiger partial charge < -0.3 is 15.3 Å². The number of hydrogen-bond acceptors (Lipinski definition) is 4. The Morgan fingerprint density at radius 1 is 1.24 bits per heavy atom. The van der Waals surface area contributed by atoms with Crippen LogP contribution in [-0.2, 0) is 14.4 Å². The summed E-state index contributed by atoms with van der Waals surface area (Å²) < 4.78 is 0. The molecule has 0 aromatic heterocycles. The van der Waals surface area contributed by atoms with Crippen molar-refractivity contribution in [2.24, 2.45) is 0 Å². The number of nitrogens with zero attached hydrogens (tertiary/aromatic N) is 1. The zero-order valence-electron chi connectivity index (χ0n) is 12.5. The fraction of sp³-hybridized carbons (Fsp3) is 0.786. The fourth-order valence-corrected chi connectivity index (χ4v) is 3.35. The molecule has 0 spiro atoms. The quantitative estimate of drug-likeness (QED) is 0.629. The summed E-state index contributed by atoms with van der Waals surface area (Å²) in [5, 5.41) is 11.4. The van der Waals surface area contributed by atoms with Gasteiger partial charge in [-0.05, 0) is 19.3 Å². The van der Waals surface area contributed by atoms with E-state index in [4.69, 9.17) is 5.11 Å². The Labute approximate surface area is 129 Å². The van der Waals surface area contributed by atoms with Gasteiger partial charge in [0.05, 0.1) is 5.88 Å². The smallest absolute Gasteiger partial charge is 0.303 e. The normalized spacial score (nSPS) is 17.8. The maximum Gasteiger partial charge on any atom is 0.303 e. The molecule has 2 N–H and O–H groups in total. The van der Waals surface area contributed by atoms with E-state index in [0.717, 1.165) is 19.3 Å². The van der Waals surface area contributed by atoms with Gasteiger partial charge in [0, 0.05) is 25.1 Å². The highest BCUT2D eigenvalue weighted by molar-refractivity contribution is 7.99. The first-order valence-electron chi connectivity index (χ1n) is 7.43. The van der Waals surface area contributed by atoms with Gasteiger partial charge >= 0.3 is 5.97 Å². The predicted octanol–water partition coefficient (Wildman–Crippen LogP) is 1.45. The Morgan fingerprint density at radius 2 is 2.00 bits per heavy atom. The lowest BCUT2D eigenvalue weighted by Crippen LogP contribution is -2.47. The molecule has 1 rings (SSSR count). The Hall–Kier alpha value is -1.24. The molecule has 1 aliphatic rings. The lowest BCUT2D eigenvalue weighted by molar-refractivity contribution is -0.138. The molecule has 2 amide bonds. The van der Waals surface area contributed by atoms with Crippen molar-refractivity contribution in [2.45, 2.75) is 51.5 Å². The van der Waals surface area contributed by atoms with Crippen molar-refractivity contribution in [1.82, 2.24) is 10.2 Å². The molecular formula is C14H24N2O4S. The number of hydrogen-bond donors (Lipinski definition) is 2. The van der Waals surface area contributed by atoms with Gasteiger partial charge in [0.1, 0.15) is 6.04 Å². The molecule has 0 bridgehead atoms. The van der Waals surface area contributed by atoms with E-state index in [1.165, 1.54) is 0 Å². The van der Waals surface area contributed by atoms with E-state index in [1.54, 1.807) is 16.7 Å². The van der Waals surface area contributed by atoms with E-state index in [1.807, 2.05) is 6.92 Å². The van der Waals surface area contributed by atoms with E-state index in [-0.39, 0.29) is 24.3 Å². The van der Waals surface area contributed by atoms with Crippen molar-refractivity contribution in [3.05, 3.63) is 0 Å². The number of rotatable bonds is 9. The van der Waals surface area contributed by atoms with Crippen LogP contribution in [-0.4, -0.2) is 52.0 Å². The number of aliphatic carboxylic acids is 1. The van der Waals surface area contributed by atoms with Gasteiger partial charge in [-0.25, -0.2) is 0 Å². The van der Waals surface area contributed by atoms with Crippen LogP contribution in [0.4, 0.5) is 0 Å². The van der Waals surface area contributed by atoms with Crippen molar-refractivity contribution in [2.75, 3.05) is 18.2 Å². The minimum atomic E-state index is -0.785. The Bertz CT molecular complexity index is 376. The average Bonchev–Trinajstić information content (AvgIpc) is 2.91.